The maximum absolute atomic E-state index is 12.9. The Morgan fingerprint density at radius 2 is 1.91 bits per heavy atom. The maximum Gasteiger partial charge on any atom is 0.206 e. The lowest BCUT2D eigenvalue weighted by Gasteiger charge is -2.08. The van der Waals surface area contributed by atoms with E-state index in [-0.39, 0.29) is 5.82 Å². The number of hydrogen-bond acceptors (Lipinski definition) is 4. The molecule has 1 aromatic carbocycles. The number of aromatic nitrogens is 5. The van der Waals surface area contributed by atoms with Crippen LogP contribution in [0.4, 0.5) is 4.39 Å². The molecule has 0 aliphatic carbocycles. The summed E-state index contributed by atoms with van der Waals surface area (Å²) in [6.07, 6.45) is 3.52. The predicted octanol–water partition coefficient (Wildman–Crippen LogP) is 3.05. The molecule has 0 saturated carbocycles. The third kappa shape index (κ3) is 3.00. The number of tetrazole rings is 1. The number of hydrogen-bond donors (Lipinski definition) is 0. The third-order valence-corrected chi connectivity index (χ3v) is 3.41. The zero-order chi connectivity index (χ0) is 15.5. The standard InChI is InChI=1S/C16H16FN5/c1-11(2)14-7-8-18-9-15(14)16-19-21-22(20-16)10-12-3-5-13(17)6-4-12/h3-9,11H,10H2,1-2H3. The van der Waals surface area contributed by atoms with E-state index >= 15 is 0 Å². The second-order valence-corrected chi connectivity index (χ2v) is 5.39. The molecule has 0 spiro atoms. The molecule has 6 heteroatoms. The Morgan fingerprint density at radius 1 is 1.14 bits per heavy atom. The molecule has 3 aromatic rings. The van der Waals surface area contributed by atoms with Gasteiger partial charge >= 0.3 is 0 Å². The molecule has 22 heavy (non-hydrogen) atoms. The van der Waals surface area contributed by atoms with Crippen molar-refractivity contribution in [1.82, 2.24) is 25.2 Å². The summed E-state index contributed by atoms with van der Waals surface area (Å²) in [5, 5.41) is 12.6. The summed E-state index contributed by atoms with van der Waals surface area (Å²) in [5.41, 5.74) is 2.94. The van der Waals surface area contributed by atoms with Crippen LogP contribution in [0, 0.1) is 5.82 Å². The van der Waals surface area contributed by atoms with Crippen molar-refractivity contribution in [2.75, 3.05) is 0 Å². The topological polar surface area (TPSA) is 56.5 Å². The minimum absolute atomic E-state index is 0.257. The van der Waals surface area contributed by atoms with Gasteiger partial charge in [0.25, 0.3) is 0 Å². The summed E-state index contributed by atoms with van der Waals surface area (Å²) in [4.78, 5) is 5.65. The number of halogens is 1. The maximum atomic E-state index is 12.9. The van der Waals surface area contributed by atoms with Gasteiger partial charge in [0.05, 0.1) is 6.54 Å². The molecule has 0 aliphatic rings. The average molecular weight is 297 g/mol. The van der Waals surface area contributed by atoms with Gasteiger partial charge in [-0.1, -0.05) is 26.0 Å². The Morgan fingerprint density at radius 3 is 2.64 bits per heavy atom. The molecule has 0 amide bonds. The van der Waals surface area contributed by atoms with Crippen molar-refractivity contribution in [3.05, 3.63) is 59.7 Å². The van der Waals surface area contributed by atoms with E-state index in [2.05, 4.69) is 34.2 Å². The van der Waals surface area contributed by atoms with Crippen LogP contribution < -0.4 is 0 Å². The molecule has 5 nitrogen and oxygen atoms in total. The van der Waals surface area contributed by atoms with E-state index in [4.69, 9.17) is 0 Å². The highest BCUT2D eigenvalue weighted by Gasteiger charge is 2.13. The number of nitrogens with zero attached hydrogens (tertiary/aromatic N) is 5. The molecule has 0 fully saturated rings. The van der Waals surface area contributed by atoms with Crippen molar-refractivity contribution in [2.24, 2.45) is 0 Å². The first-order valence-corrected chi connectivity index (χ1v) is 7.10. The molecule has 0 aliphatic heterocycles. The van der Waals surface area contributed by atoms with Gasteiger partial charge in [0.15, 0.2) is 0 Å². The lowest BCUT2D eigenvalue weighted by molar-refractivity contribution is 0.570. The van der Waals surface area contributed by atoms with Crippen LogP contribution in [-0.2, 0) is 6.54 Å². The van der Waals surface area contributed by atoms with Crippen LogP contribution in [0.25, 0.3) is 11.4 Å². The summed E-state index contributed by atoms with van der Waals surface area (Å²) in [6.45, 7) is 4.67. The normalized spacial score (nSPS) is 11.1. The quantitative estimate of drug-likeness (QED) is 0.742. The fourth-order valence-corrected chi connectivity index (χ4v) is 2.27. The molecule has 2 heterocycles. The molecular weight excluding hydrogens is 281 g/mol. The second kappa shape index (κ2) is 6.01. The molecule has 0 atom stereocenters. The molecule has 2 aromatic heterocycles. The minimum Gasteiger partial charge on any atom is -0.264 e. The first-order chi connectivity index (χ1) is 10.6. The van der Waals surface area contributed by atoms with Gasteiger partial charge in [-0.25, -0.2) is 4.39 Å². The van der Waals surface area contributed by atoms with Crippen molar-refractivity contribution in [1.29, 1.82) is 0 Å². The minimum atomic E-state index is -0.257. The van der Waals surface area contributed by atoms with E-state index < -0.39 is 0 Å². The first-order valence-electron chi connectivity index (χ1n) is 7.10. The zero-order valence-corrected chi connectivity index (χ0v) is 12.4. The van der Waals surface area contributed by atoms with Gasteiger partial charge in [-0.3, -0.25) is 4.98 Å². The summed E-state index contributed by atoms with van der Waals surface area (Å²) >= 11 is 0. The Bertz CT molecular complexity index is 764. The van der Waals surface area contributed by atoms with Gasteiger partial charge in [-0.05, 0) is 40.5 Å². The van der Waals surface area contributed by atoms with Crippen molar-refractivity contribution < 1.29 is 4.39 Å². The highest BCUT2D eigenvalue weighted by Crippen LogP contribution is 2.25. The van der Waals surface area contributed by atoms with Crippen LogP contribution in [0.1, 0.15) is 30.9 Å². The number of benzene rings is 1. The molecule has 0 saturated heterocycles. The molecule has 112 valence electrons. The Kier molecular flexibility index (Phi) is 3.91. The first kappa shape index (κ1) is 14.3. The van der Waals surface area contributed by atoms with Gasteiger partial charge in [0, 0.05) is 18.0 Å². The number of pyridine rings is 1. The Balaban J connectivity index is 1.86. The smallest absolute Gasteiger partial charge is 0.206 e. The Hall–Kier alpha value is -2.63. The van der Waals surface area contributed by atoms with Gasteiger partial charge in [-0.2, -0.15) is 4.80 Å². The fraction of sp³-hybridized carbons (Fsp3) is 0.250. The molecular formula is C16H16FN5. The second-order valence-electron chi connectivity index (χ2n) is 5.39. The summed E-state index contributed by atoms with van der Waals surface area (Å²) in [5.74, 6) is 0.647. The summed E-state index contributed by atoms with van der Waals surface area (Å²) < 4.78 is 12.9. The molecule has 0 N–H and O–H groups in total. The van der Waals surface area contributed by atoms with Crippen molar-refractivity contribution in [3.63, 3.8) is 0 Å². The van der Waals surface area contributed by atoms with E-state index in [0.717, 1.165) is 16.7 Å². The van der Waals surface area contributed by atoms with E-state index in [0.29, 0.717) is 18.3 Å². The van der Waals surface area contributed by atoms with Crippen LogP contribution in [0.2, 0.25) is 0 Å². The van der Waals surface area contributed by atoms with Gasteiger partial charge in [0.2, 0.25) is 5.82 Å². The molecule has 3 rings (SSSR count). The van der Waals surface area contributed by atoms with E-state index in [1.807, 2.05) is 6.07 Å². The van der Waals surface area contributed by atoms with Crippen molar-refractivity contribution in [2.45, 2.75) is 26.3 Å². The summed E-state index contributed by atoms with van der Waals surface area (Å²) in [7, 11) is 0. The number of rotatable bonds is 4. The molecule has 0 radical (unpaired) electrons. The molecule has 0 unspecified atom stereocenters. The third-order valence-electron chi connectivity index (χ3n) is 3.41. The SMILES string of the molecule is CC(C)c1ccncc1-c1nnn(Cc2ccc(F)cc2)n1. The van der Waals surface area contributed by atoms with Crippen molar-refractivity contribution >= 4 is 0 Å². The average Bonchev–Trinajstić information content (AvgIpc) is 2.98. The van der Waals surface area contributed by atoms with Gasteiger partial charge in [-0.15, -0.1) is 10.2 Å². The largest absolute Gasteiger partial charge is 0.264 e. The van der Waals surface area contributed by atoms with Gasteiger partial charge < -0.3 is 0 Å². The van der Waals surface area contributed by atoms with E-state index in [9.17, 15) is 4.39 Å². The lowest BCUT2D eigenvalue weighted by Crippen LogP contribution is -2.04. The van der Waals surface area contributed by atoms with Crippen LogP contribution >= 0.6 is 0 Å². The van der Waals surface area contributed by atoms with Crippen LogP contribution in [0.3, 0.4) is 0 Å². The monoisotopic (exact) mass is 297 g/mol. The van der Waals surface area contributed by atoms with Gasteiger partial charge in [0.1, 0.15) is 5.82 Å². The predicted molar refractivity (Wildman–Crippen MR) is 80.6 cm³/mol. The van der Waals surface area contributed by atoms with Crippen LogP contribution in [0.5, 0.6) is 0 Å². The highest BCUT2D eigenvalue weighted by molar-refractivity contribution is 5.58. The van der Waals surface area contributed by atoms with Crippen LogP contribution in [0.15, 0.2) is 42.7 Å². The molecule has 0 bridgehead atoms. The van der Waals surface area contributed by atoms with E-state index in [1.165, 1.54) is 16.9 Å². The van der Waals surface area contributed by atoms with E-state index in [1.54, 1.807) is 24.5 Å². The highest BCUT2D eigenvalue weighted by atomic mass is 19.1. The van der Waals surface area contributed by atoms with Crippen molar-refractivity contribution in [3.8, 4) is 11.4 Å². The lowest BCUT2D eigenvalue weighted by atomic mass is 9.99. The summed E-state index contributed by atoms with van der Waals surface area (Å²) in [6, 6.07) is 8.24. The zero-order valence-electron chi connectivity index (χ0n) is 12.4. The fourth-order valence-electron chi connectivity index (χ4n) is 2.27. The van der Waals surface area contributed by atoms with Crippen LogP contribution in [-0.4, -0.2) is 25.2 Å². The Labute approximate surface area is 127 Å².